The van der Waals surface area contributed by atoms with Crippen LogP contribution in [-0.2, 0) is 11.8 Å². The lowest BCUT2D eigenvalue weighted by molar-refractivity contribution is 0.661. The Labute approximate surface area is 367 Å². The maximum Gasteiger partial charge on any atom is 0.0159 e. The van der Waals surface area contributed by atoms with E-state index in [1.807, 2.05) is 0 Å². The first-order valence-electron chi connectivity index (χ1n) is 22.5. The number of allylic oxidation sites excluding steroid dienone is 3. The second-order valence-corrected chi connectivity index (χ2v) is 18.7. The lowest BCUT2D eigenvalue weighted by Gasteiger charge is -2.25. The lowest BCUT2D eigenvalue weighted by Crippen LogP contribution is -2.15. The molecule has 0 aliphatic heterocycles. The average molecular weight is 799 g/mol. The Kier molecular flexibility index (Phi) is 7.11. The van der Waals surface area contributed by atoms with E-state index < -0.39 is 0 Å². The van der Waals surface area contributed by atoms with Gasteiger partial charge in [0, 0.05) is 5.41 Å². The molecule has 3 aliphatic rings. The van der Waals surface area contributed by atoms with Crippen LogP contribution in [0.25, 0.3) is 121 Å². The summed E-state index contributed by atoms with van der Waals surface area (Å²) in [5.74, 6) is 0. The summed E-state index contributed by atoms with van der Waals surface area (Å²) in [5, 5.41) is 13.3. The van der Waals surface area contributed by atoms with Gasteiger partial charge in [0.05, 0.1) is 0 Å². The van der Waals surface area contributed by atoms with Crippen LogP contribution in [0.2, 0.25) is 0 Å². The van der Waals surface area contributed by atoms with Crippen molar-refractivity contribution in [2.75, 3.05) is 0 Å². The molecule has 63 heavy (non-hydrogen) atoms. The monoisotopic (exact) mass is 798 g/mol. The summed E-state index contributed by atoms with van der Waals surface area (Å²) in [4.78, 5) is 0. The van der Waals surface area contributed by atoms with Gasteiger partial charge in [-0.05, 0) is 186 Å². The van der Waals surface area contributed by atoms with E-state index in [4.69, 9.17) is 0 Å². The maximum atomic E-state index is 2.49. The summed E-state index contributed by atoms with van der Waals surface area (Å²) in [6, 6.07) is 67.1. The molecule has 0 fully saturated rings. The molecule has 0 heterocycles. The SMILES string of the molecule is CC1(C)c2cc(-c3ccc4cc(-c5cccc(-c6ccc7ccc8cccc9ccc6c7c89)c5)ccc4c3)ccc2-c2ccc(-c3ccc4c5c6c(ccc35)C=CCC6=CC4)cc21. The van der Waals surface area contributed by atoms with E-state index in [9.17, 15) is 0 Å². The van der Waals surface area contributed by atoms with E-state index in [2.05, 4.69) is 208 Å². The predicted molar refractivity (Wildman–Crippen MR) is 270 cm³/mol. The third-order valence-corrected chi connectivity index (χ3v) is 15.0. The zero-order valence-electron chi connectivity index (χ0n) is 35.4. The van der Waals surface area contributed by atoms with E-state index in [1.54, 1.807) is 0 Å². The van der Waals surface area contributed by atoms with Crippen LogP contribution < -0.4 is 0 Å². The Morgan fingerprint density at radius 2 is 0.905 bits per heavy atom. The number of benzene rings is 11. The van der Waals surface area contributed by atoms with E-state index in [0.29, 0.717) is 0 Å². The fourth-order valence-electron chi connectivity index (χ4n) is 11.8. The van der Waals surface area contributed by atoms with Crippen LogP contribution >= 0.6 is 0 Å². The summed E-state index contributed by atoms with van der Waals surface area (Å²) in [5.41, 5.74) is 21.3. The Morgan fingerprint density at radius 1 is 0.381 bits per heavy atom. The van der Waals surface area contributed by atoms with Crippen LogP contribution in [0.5, 0.6) is 0 Å². The van der Waals surface area contributed by atoms with Crippen LogP contribution in [0.15, 0.2) is 188 Å². The molecular formula is C63H42. The van der Waals surface area contributed by atoms with Crippen LogP contribution in [0.3, 0.4) is 0 Å². The van der Waals surface area contributed by atoms with Gasteiger partial charge in [0.1, 0.15) is 0 Å². The largest absolute Gasteiger partial charge is 0.0795 e. The van der Waals surface area contributed by atoms with Crippen molar-refractivity contribution in [1.82, 2.24) is 0 Å². The van der Waals surface area contributed by atoms with Crippen LogP contribution in [-0.4, -0.2) is 0 Å². The minimum Gasteiger partial charge on any atom is -0.0795 e. The maximum absolute atomic E-state index is 2.49. The van der Waals surface area contributed by atoms with Crippen LogP contribution in [0.4, 0.5) is 0 Å². The van der Waals surface area contributed by atoms with E-state index in [1.165, 1.54) is 143 Å². The molecule has 294 valence electrons. The van der Waals surface area contributed by atoms with E-state index in [-0.39, 0.29) is 5.41 Å². The number of hydrogen-bond donors (Lipinski definition) is 0. The molecule has 3 aliphatic carbocycles. The van der Waals surface area contributed by atoms with Crippen molar-refractivity contribution in [1.29, 1.82) is 0 Å². The molecule has 0 unspecified atom stereocenters. The van der Waals surface area contributed by atoms with E-state index in [0.717, 1.165) is 12.8 Å². The van der Waals surface area contributed by atoms with Gasteiger partial charge in [0.15, 0.2) is 0 Å². The van der Waals surface area contributed by atoms with Crippen molar-refractivity contribution < 1.29 is 0 Å². The third-order valence-electron chi connectivity index (χ3n) is 15.0. The quantitative estimate of drug-likeness (QED) is 0.156. The van der Waals surface area contributed by atoms with Crippen molar-refractivity contribution in [3.63, 3.8) is 0 Å². The Hall–Kier alpha value is -7.54. The van der Waals surface area contributed by atoms with Crippen molar-refractivity contribution in [3.05, 3.63) is 216 Å². The molecule has 11 aromatic rings. The van der Waals surface area contributed by atoms with E-state index >= 15 is 0 Å². The molecule has 0 nitrogen and oxygen atoms in total. The van der Waals surface area contributed by atoms with Crippen LogP contribution in [0.1, 0.15) is 48.1 Å². The van der Waals surface area contributed by atoms with Gasteiger partial charge in [-0.25, -0.2) is 0 Å². The molecule has 0 radical (unpaired) electrons. The second-order valence-electron chi connectivity index (χ2n) is 18.7. The first kappa shape index (κ1) is 35.1. The molecule has 0 aromatic heterocycles. The summed E-state index contributed by atoms with van der Waals surface area (Å²) in [6.07, 6.45) is 9.11. The molecule has 0 N–H and O–H groups in total. The Bertz CT molecular complexity index is 3850. The molecule has 0 atom stereocenters. The highest BCUT2D eigenvalue weighted by Crippen LogP contribution is 2.52. The van der Waals surface area contributed by atoms with Gasteiger partial charge in [-0.2, -0.15) is 0 Å². The minimum absolute atomic E-state index is 0.129. The van der Waals surface area contributed by atoms with Gasteiger partial charge in [0.2, 0.25) is 0 Å². The fourth-order valence-corrected chi connectivity index (χ4v) is 11.8. The molecule has 14 rings (SSSR count). The first-order chi connectivity index (χ1) is 30.9. The standard InChI is InChI=1S/C63H42/c1-63(2)57-35-48(24-28-53(57)54-29-25-50(36-58(54)63)52-27-21-42-15-13-38-7-4-9-40-23-31-56(52)62(42)60(38)40)47-19-18-45-32-44(16-17-46(45)33-47)43-10-5-11-49(34-43)51-26-20-41-14-12-37-6-3-8-39-22-30-55(51)61(41)59(37)39/h3-6,8-14,16-36H,7,15H2,1-2H3. The second kappa shape index (κ2) is 12.8. The van der Waals surface area contributed by atoms with Crippen molar-refractivity contribution >= 4 is 65.5 Å². The predicted octanol–water partition coefficient (Wildman–Crippen LogP) is 17.2. The molecule has 0 amide bonds. The fraction of sp³-hybridized carbons (Fsp3) is 0.0794. The molecule has 0 saturated carbocycles. The molecule has 0 bridgehead atoms. The topological polar surface area (TPSA) is 0 Å². The van der Waals surface area contributed by atoms with Crippen LogP contribution in [0, 0.1) is 0 Å². The summed E-state index contributed by atoms with van der Waals surface area (Å²) >= 11 is 0. The first-order valence-corrected chi connectivity index (χ1v) is 22.5. The summed E-state index contributed by atoms with van der Waals surface area (Å²) in [7, 11) is 0. The number of hydrogen-bond acceptors (Lipinski definition) is 0. The Balaban J connectivity index is 0.787. The van der Waals surface area contributed by atoms with Crippen molar-refractivity contribution in [2.24, 2.45) is 0 Å². The van der Waals surface area contributed by atoms with Crippen molar-refractivity contribution in [2.45, 2.75) is 32.1 Å². The van der Waals surface area contributed by atoms with Crippen molar-refractivity contribution in [3.8, 4) is 55.6 Å². The van der Waals surface area contributed by atoms with Gasteiger partial charge in [-0.3, -0.25) is 0 Å². The number of fused-ring (bicyclic) bond motifs is 4. The van der Waals surface area contributed by atoms with Gasteiger partial charge in [-0.1, -0.05) is 178 Å². The zero-order valence-corrected chi connectivity index (χ0v) is 35.4. The highest BCUT2D eigenvalue weighted by molar-refractivity contribution is 6.25. The average Bonchev–Trinajstić information content (AvgIpc) is 3.56. The van der Waals surface area contributed by atoms with Gasteiger partial charge >= 0.3 is 0 Å². The summed E-state index contributed by atoms with van der Waals surface area (Å²) < 4.78 is 0. The zero-order chi connectivity index (χ0) is 41.6. The smallest absolute Gasteiger partial charge is 0.0159 e. The Morgan fingerprint density at radius 3 is 1.68 bits per heavy atom. The molecular weight excluding hydrogens is 757 g/mol. The highest BCUT2D eigenvalue weighted by Gasteiger charge is 2.36. The number of rotatable bonds is 4. The third kappa shape index (κ3) is 5.04. The summed E-state index contributed by atoms with van der Waals surface area (Å²) in [6.45, 7) is 4.82. The van der Waals surface area contributed by atoms with Gasteiger partial charge in [0.25, 0.3) is 0 Å². The normalized spacial score (nSPS) is 14.5. The highest BCUT2D eigenvalue weighted by atomic mass is 14.4. The molecule has 0 spiro atoms. The lowest BCUT2D eigenvalue weighted by atomic mass is 9.78. The molecule has 11 aromatic carbocycles. The molecule has 0 saturated heterocycles. The minimum atomic E-state index is -0.129. The van der Waals surface area contributed by atoms with Gasteiger partial charge in [-0.15, -0.1) is 0 Å². The molecule has 0 heteroatoms. The van der Waals surface area contributed by atoms with Gasteiger partial charge < -0.3 is 0 Å².